The molecule has 3 heteroatoms. The average Bonchev–Trinajstić information content (AvgIpc) is 2.35. The molecule has 0 bridgehead atoms. The summed E-state index contributed by atoms with van der Waals surface area (Å²) in [7, 11) is 0. The van der Waals surface area contributed by atoms with E-state index >= 15 is 0 Å². The Bertz CT molecular complexity index is 574. The number of carbonyl (C=O) groups is 1. The smallest absolute Gasteiger partial charge is 0.167 e. The summed E-state index contributed by atoms with van der Waals surface area (Å²) >= 11 is 0. The number of halogens is 2. The van der Waals surface area contributed by atoms with E-state index in [0.717, 1.165) is 0 Å². The molecule has 0 aromatic heterocycles. The highest BCUT2D eigenvalue weighted by Crippen LogP contribution is 2.12. The van der Waals surface area contributed by atoms with Crippen molar-refractivity contribution in [3.05, 3.63) is 70.8 Å². The molecule has 0 aliphatic carbocycles. The molecule has 92 valence electrons. The van der Waals surface area contributed by atoms with Crippen molar-refractivity contribution in [2.75, 3.05) is 0 Å². The summed E-state index contributed by atoms with van der Waals surface area (Å²) in [5.74, 6) is -0.909. The van der Waals surface area contributed by atoms with Gasteiger partial charge in [-0.05, 0) is 36.2 Å². The van der Waals surface area contributed by atoms with Gasteiger partial charge >= 0.3 is 0 Å². The largest absolute Gasteiger partial charge is 0.294 e. The third kappa shape index (κ3) is 2.80. The van der Waals surface area contributed by atoms with Crippen LogP contribution in [0.3, 0.4) is 0 Å². The van der Waals surface area contributed by atoms with Crippen LogP contribution in [-0.4, -0.2) is 5.78 Å². The lowest BCUT2D eigenvalue weighted by Crippen LogP contribution is -2.04. The van der Waals surface area contributed by atoms with E-state index in [1.165, 1.54) is 18.2 Å². The fraction of sp³-hybridized carbons (Fsp3) is 0.133. The number of aryl methyl sites for hydroxylation is 1. The number of benzene rings is 2. The Kier molecular flexibility index (Phi) is 3.51. The molecule has 0 fully saturated rings. The highest BCUT2D eigenvalue weighted by Gasteiger charge is 2.09. The van der Waals surface area contributed by atoms with E-state index in [1.54, 1.807) is 31.2 Å². The van der Waals surface area contributed by atoms with Gasteiger partial charge in [-0.25, -0.2) is 8.78 Å². The van der Waals surface area contributed by atoms with Crippen LogP contribution in [0.1, 0.15) is 21.5 Å². The summed E-state index contributed by atoms with van der Waals surface area (Å²) < 4.78 is 26.0. The van der Waals surface area contributed by atoms with Crippen molar-refractivity contribution in [1.82, 2.24) is 0 Å². The first-order chi connectivity index (χ1) is 8.56. The van der Waals surface area contributed by atoms with Crippen LogP contribution in [0.4, 0.5) is 8.78 Å². The minimum atomic E-state index is -0.389. The van der Waals surface area contributed by atoms with Crippen molar-refractivity contribution in [2.45, 2.75) is 13.3 Å². The molecule has 0 saturated carbocycles. The maximum Gasteiger partial charge on any atom is 0.167 e. The molecule has 0 heterocycles. The lowest BCUT2D eigenvalue weighted by Gasteiger charge is -2.03. The van der Waals surface area contributed by atoms with Gasteiger partial charge in [-0.1, -0.05) is 24.3 Å². The standard InChI is InChI=1S/C15H12F2O/c1-10-2-5-12(9-14(10)17)15(18)8-11-3-6-13(16)7-4-11/h2-7,9H,8H2,1H3. The van der Waals surface area contributed by atoms with Gasteiger partial charge in [0.25, 0.3) is 0 Å². The molecule has 0 N–H and O–H groups in total. The molecular formula is C15H12F2O. The van der Waals surface area contributed by atoms with Crippen LogP contribution < -0.4 is 0 Å². The van der Waals surface area contributed by atoms with E-state index in [1.807, 2.05) is 0 Å². The van der Waals surface area contributed by atoms with Gasteiger partial charge in [-0.3, -0.25) is 4.79 Å². The average molecular weight is 246 g/mol. The maximum atomic E-state index is 13.3. The van der Waals surface area contributed by atoms with Crippen LogP contribution in [0.2, 0.25) is 0 Å². The van der Waals surface area contributed by atoms with E-state index < -0.39 is 0 Å². The Morgan fingerprint density at radius 2 is 1.72 bits per heavy atom. The van der Waals surface area contributed by atoms with Crippen molar-refractivity contribution >= 4 is 5.78 Å². The van der Waals surface area contributed by atoms with Crippen molar-refractivity contribution in [1.29, 1.82) is 0 Å². The van der Waals surface area contributed by atoms with Gasteiger partial charge in [0.15, 0.2) is 5.78 Å². The number of hydrogen-bond acceptors (Lipinski definition) is 1. The second-order valence-electron chi connectivity index (χ2n) is 4.19. The SMILES string of the molecule is Cc1ccc(C(=O)Cc2ccc(F)cc2)cc1F. The van der Waals surface area contributed by atoms with Crippen LogP contribution >= 0.6 is 0 Å². The topological polar surface area (TPSA) is 17.1 Å². The van der Waals surface area contributed by atoms with Crippen molar-refractivity contribution in [2.24, 2.45) is 0 Å². The fourth-order valence-corrected chi connectivity index (χ4v) is 1.66. The van der Waals surface area contributed by atoms with E-state index in [-0.39, 0.29) is 23.8 Å². The third-order valence-electron chi connectivity index (χ3n) is 2.77. The highest BCUT2D eigenvalue weighted by atomic mass is 19.1. The summed E-state index contributed by atoms with van der Waals surface area (Å²) in [6.45, 7) is 1.64. The van der Waals surface area contributed by atoms with Gasteiger partial charge in [-0.2, -0.15) is 0 Å². The molecule has 18 heavy (non-hydrogen) atoms. The lowest BCUT2D eigenvalue weighted by molar-refractivity contribution is 0.0992. The zero-order chi connectivity index (χ0) is 13.1. The van der Waals surface area contributed by atoms with Gasteiger partial charge < -0.3 is 0 Å². The molecule has 0 spiro atoms. The molecule has 2 rings (SSSR count). The van der Waals surface area contributed by atoms with Gasteiger partial charge in [0.05, 0.1) is 0 Å². The Labute approximate surface area is 104 Å². The maximum absolute atomic E-state index is 13.3. The first-order valence-electron chi connectivity index (χ1n) is 5.60. The van der Waals surface area contributed by atoms with Gasteiger partial charge in [0, 0.05) is 12.0 Å². The fourth-order valence-electron chi connectivity index (χ4n) is 1.66. The molecule has 0 amide bonds. The van der Waals surface area contributed by atoms with Crippen LogP contribution in [0.25, 0.3) is 0 Å². The minimum Gasteiger partial charge on any atom is -0.294 e. The Hall–Kier alpha value is -2.03. The van der Waals surface area contributed by atoms with Gasteiger partial charge in [0.2, 0.25) is 0 Å². The summed E-state index contributed by atoms with van der Waals surface area (Å²) in [4.78, 5) is 11.9. The molecule has 0 saturated heterocycles. The van der Waals surface area contributed by atoms with Gasteiger partial charge in [-0.15, -0.1) is 0 Å². The van der Waals surface area contributed by atoms with Crippen LogP contribution in [0.5, 0.6) is 0 Å². The molecule has 0 aliphatic heterocycles. The molecular weight excluding hydrogens is 234 g/mol. The first-order valence-corrected chi connectivity index (χ1v) is 5.60. The third-order valence-corrected chi connectivity index (χ3v) is 2.77. The Balaban J connectivity index is 2.16. The highest BCUT2D eigenvalue weighted by molar-refractivity contribution is 5.97. The second kappa shape index (κ2) is 5.08. The predicted octanol–water partition coefficient (Wildman–Crippen LogP) is 3.70. The van der Waals surface area contributed by atoms with E-state index in [9.17, 15) is 13.6 Å². The molecule has 0 atom stereocenters. The summed E-state index contributed by atoms with van der Waals surface area (Å²) in [6.07, 6.45) is 0.142. The second-order valence-corrected chi connectivity index (χ2v) is 4.19. The quantitative estimate of drug-likeness (QED) is 0.755. The number of carbonyl (C=O) groups excluding carboxylic acids is 1. The van der Waals surface area contributed by atoms with Crippen LogP contribution in [0.15, 0.2) is 42.5 Å². The normalized spacial score (nSPS) is 10.4. The number of hydrogen-bond donors (Lipinski definition) is 0. The number of ketones is 1. The van der Waals surface area contributed by atoms with E-state index in [0.29, 0.717) is 16.7 Å². The zero-order valence-corrected chi connectivity index (χ0v) is 9.91. The first kappa shape index (κ1) is 12.4. The van der Waals surface area contributed by atoms with Gasteiger partial charge in [0.1, 0.15) is 11.6 Å². The molecule has 1 nitrogen and oxygen atoms in total. The summed E-state index contributed by atoms with van der Waals surface area (Å²) in [6, 6.07) is 10.1. The van der Waals surface area contributed by atoms with E-state index in [2.05, 4.69) is 0 Å². The van der Waals surface area contributed by atoms with Crippen LogP contribution in [0, 0.1) is 18.6 Å². The molecule has 0 radical (unpaired) electrons. The molecule has 2 aromatic rings. The summed E-state index contributed by atoms with van der Waals surface area (Å²) in [5.41, 5.74) is 1.55. The molecule has 0 unspecified atom stereocenters. The zero-order valence-electron chi connectivity index (χ0n) is 9.91. The Morgan fingerprint density at radius 3 is 2.33 bits per heavy atom. The number of Topliss-reactive ketones (excluding diaryl/α,β-unsaturated/α-hetero) is 1. The van der Waals surface area contributed by atoms with E-state index in [4.69, 9.17) is 0 Å². The number of rotatable bonds is 3. The molecule has 2 aromatic carbocycles. The monoisotopic (exact) mass is 246 g/mol. The predicted molar refractivity (Wildman–Crippen MR) is 65.6 cm³/mol. The summed E-state index contributed by atoms with van der Waals surface area (Å²) in [5, 5.41) is 0. The van der Waals surface area contributed by atoms with Crippen molar-refractivity contribution < 1.29 is 13.6 Å². The lowest BCUT2D eigenvalue weighted by atomic mass is 10.0. The van der Waals surface area contributed by atoms with Crippen molar-refractivity contribution in [3.63, 3.8) is 0 Å². The van der Waals surface area contributed by atoms with Crippen molar-refractivity contribution in [3.8, 4) is 0 Å². The van der Waals surface area contributed by atoms with Crippen LogP contribution in [-0.2, 0) is 6.42 Å². The minimum absolute atomic E-state index is 0.142. The molecule has 0 aliphatic rings. The Morgan fingerprint density at radius 1 is 1.06 bits per heavy atom.